The lowest BCUT2D eigenvalue weighted by Gasteiger charge is -2.16. The zero-order valence-corrected chi connectivity index (χ0v) is 14.9. The van der Waals surface area contributed by atoms with Gasteiger partial charge in [0.2, 0.25) is 11.8 Å². The Hall–Kier alpha value is -2.29. The van der Waals surface area contributed by atoms with Gasteiger partial charge in [-0.1, -0.05) is 15.9 Å². The van der Waals surface area contributed by atoms with Gasteiger partial charge in [-0.2, -0.15) is 13.2 Å². The Labute approximate surface area is 155 Å². The van der Waals surface area contributed by atoms with Crippen LogP contribution in [0.3, 0.4) is 0 Å². The second-order valence-electron chi connectivity index (χ2n) is 5.94. The van der Waals surface area contributed by atoms with Crippen molar-refractivity contribution in [2.75, 3.05) is 11.9 Å². The van der Waals surface area contributed by atoms with Crippen LogP contribution < -0.4 is 5.32 Å². The summed E-state index contributed by atoms with van der Waals surface area (Å²) >= 11 is 2.85. The van der Waals surface area contributed by atoms with E-state index < -0.39 is 23.6 Å². The van der Waals surface area contributed by atoms with Crippen LogP contribution >= 0.6 is 15.9 Å². The molecule has 0 bridgehead atoms. The van der Waals surface area contributed by atoms with Crippen molar-refractivity contribution >= 4 is 33.4 Å². The summed E-state index contributed by atoms with van der Waals surface area (Å²) in [5.41, 5.74) is -0.847. The van der Waals surface area contributed by atoms with Crippen LogP contribution in [0.15, 0.2) is 45.5 Å². The van der Waals surface area contributed by atoms with Gasteiger partial charge in [-0.05, 0) is 30.3 Å². The fourth-order valence-corrected chi connectivity index (χ4v) is 3.23. The molecule has 1 N–H and O–H groups in total. The lowest BCUT2D eigenvalue weighted by atomic mass is 10.1. The molecular formula is C17H14BrF3N2O3. The summed E-state index contributed by atoms with van der Waals surface area (Å²) in [7, 11) is 0. The van der Waals surface area contributed by atoms with E-state index in [0.29, 0.717) is 5.76 Å². The van der Waals surface area contributed by atoms with Crippen molar-refractivity contribution in [1.29, 1.82) is 0 Å². The van der Waals surface area contributed by atoms with Crippen LogP contribution in [0.2, 0.25) is 0 Å². The van der Waals surface area contributed by atoms with Gasteiger partial charge < -0.3 is 14.6 Å². The molecule has 1 aliphatic heterocycles. The van der Waals surface area contributed by atoms with Crippen LogP contribution in [0.4, 0.5) is 18.9 Å². The first kappa shape index (κ1) is 18.5. The number of furan rings is 1. The molecule has 0 radical (unpaired) electrons. The van der Waals surface area contributed by atoms with Crippen LogP contribution in [0, 0.1) is 5.92 Å². The van der Waals surface area contributed by atoms with Crippen molar-refractivity contribution in [3.05, 3.63) is 52.4 Å². The van der Waals surface area contributed by atoms with Gasteiger partial charge in [-0.3, -0.25) is 9.59 Å². The summed E-state index contributed by atoms with van der Waals surface area (Å²) in [6, 6.07) is 6.88. The average Bonchev–Trinajstić information content (AvgIpc) is 3.19. The first-order valence-corrected chi connectivity index (χ1v) is 8.51. The van der Waals surface area contributed by atoms with E-state index in [1.165, 1.54) is 23.3 Å². The zero-order chi connectivity index (χ0) is 18.9. The maximum absolute atomic E-state index is 12.9. The van der Waals surface area contributed by atoms with Crippen molar-refractivity contribution in [3.63, 3.8) is 0 Å². The van der Waals surface area contributed by atoms with Crippen molar-refractivity contribution in [2.24, 2.45) is 5.92 Å². The van der Waals surface area contributed by atoms with Gasteiger partial charge in [0.15, 0.2) is 0 Å². The Morgan fingerprint density at radius 2 is 2.12 bits per heavy atom. The SMILES string of the molecule is O=C(Nc1ccc(Br)c(C(F)(F)F)c1)C1CC(=O)N(Cc2ccco2)C1. The van der Waals surface area contributed by atoms with Crippen molar-refractivity contribution in [1.82, 2.24) is 4.90 Å². The highest BCUT2D eigenvalue weighted by molar-refractivity contribution is 9.10. The van der Waals surface area contributed by atoms with Crippen molar-refractivity contribution in [2.45, 2.75) is 19.1 Å². The third-order valence-corrected chi connectivity index (χ3v) is 4.74. The molecule has 1 unspecified atom stereocenters. The second-order valence-corrected chi connectivity index (χ2v) is 6.79. The van der Waals surface area contributed by atoms with E-state index in [0.717, 1.165) is 6.07 Å². The minimum atomic E-state index is -4.54. The van der Waals surface area contributed by atoms with Crippen LogP contribution in [-0.2, 0) is 22.3 Å². The topological polar surface area (TPSA) is 62.6 Å². The lowest BCUT2D eigenvalue weighted by Crippen LogP contribution is -2.28. The summed E-state index contributed by atoms with van der Waals surface area (Å²) in [5, 5.41) is 2.46. The van der Waals surface area contributed by atoms with Crippen molar-refractivity contribution in [3.8, 4) is 0 Å². The van der Waals surface area contributed by atoms with E-state index in [-0.39, 0.29) is 35.6 Å². The van der Waals surface area contributed by atoms with Gasteiger partial charge in [0.05, 0.1) is 24.3 Å². The molecule has 0 spiro atoms. The van der Waals surface area contributed by atoms with Gasteiger partial charge in [-0.25, -0.2) is 0 Å². The largest absolute Gasteiger partial charge is 0.467 e. The van der Waals surface area contributed by atoms with Crippen LogP contribution in [0.5, 0.6) is 0 Å². The van der Waals surface area contributed by atoms with E-state index in [2.05, 4.69) is 21.2 Å². The molecule has 5 nitrogen and oxygen atoms in total. The first-order chi connectivity index (χ1) is 12.2. The number of benzene rings is 1. The number of halogens is 4. The summed E-state index contributed by atoms with van der Waals surface area (Å²) < 4.78 is 43.9. The fourth-order valence-electron chi connectivity index (χ4n) is 2.76. The monoisotopic (exact) mass is 430 g/mol. The molecule has 138 valence electrons. The molecule has 1 fully saturated rings. The van der Waals surface area contributed by atoms with E-state index >= 15 is 0 Å². The highest BCUT2D eigenvalue weighted by Gasteiger charge is 2.36. The Balaban J connectivity index is 1.66. The Kier molecular flexibility index (Phi) is 5.08. The maximum Gasteiger partial charge on any atom is 0.417 e. The number of alkyl halides is 3. The molecule has 2 amide bonds. The predicted octanol–water partition coefficient (Wildman–Crippen LogP) is 4.05. The van der Waals surface area contributed by atoms with Crippen LogP contribution in [0.25, 0.3) is 0 Å². The molecule has 9 heteroatoms. The highest BCUT2D eigenvalue weighted by atomic mass is 79.9. The molecule has 1 aromatic carbocycles. The van der Waals surface area contributed by atoms with E-state index in [4.69, 9.17) is 4.42 Å². The molecule has 26 heavy (non-hydrogen) atoms. The molecule has 1 aliphatic rings. The van der Waals surface area contributed by atoms with Crippen molar-refractivity contribution < 1.29 is 27.2 Å². The number of anilines is 1. The third-order valence-electron chi connectivity index (χ3n) is 4.05. The number of hydrogen-bond acceptors (Lipinski definition) is 3. The van der Waals surface area contributed by atoms with Gasteiger partial charge in [0.1, 0.15) is 5.76 Å². The van der Waals surface area contributed by atoms with Gasteiger partial charge in [0, 0.05) is 23.1 Å². The third kappa shape index (κ3) is 4.09. The number of amides is 2. The molecule has 1 saturated heterocycles. The molecule has 0 aliphatic carbocycles. The number of nitrogens with zero attached hydrogens (tertiary/aromatic N) is 1. The minimum Gasteiger partial charge on any atom is -0.467 e. The lowest BCUT2D eigenvalue weighted by molar-refractivity contribution is -0.138. The van der Waals surface area contributed by atoms with E-state index in [1.807, 2.05) is 0 Å². The number of hydrogen-bond donors (Lipinski definition) is 1. The number of nitrogens with one attached hydrogen (secondary N) is 1. The number of carbonyl (C=O) groups excluding carboxylic acids is 2. The molecule has 1 atom stereocenters. The normalized spacial score (nSPS) is 17.6. The summed E-state index contributed by atoms with van der Waals surface area (Å²) in [6.07, 6.45) is -3.04. The maximum atomic E-state index is 12.9. The summed E-state index contributed by atoms with van der Waals surface area (Å²) in [5.74, 6) is -0.721. The predicted molar refractivity (Wildman–Crippen MR) is 90.0 cm³/mol. The molecular weight excluding hydrogens is 417 g/mol. The molecule has 2 heterocycles. The first-order valence-electron chi connectivity index (χ1n) is 7.72. The Morgan fingerprint density at radius 3 is 2.77 bits per heavy atom. The molecule has 2 aromatic rings. The van der Waals surface area contributed by atoms with Gasteiger partial charge in [0.25, 0.3) is 0 Å². The summed E-state index contributed by atoms with van der Waals surface area (Å²) in [4.78, 5) is 25.9. The second kappa shape index (κ2) is 7.14. The highest BCUT2D eigenvalue weighted by Crippen LogP contribution is 2.36. The Bertz CT molecular complexity index is 821. The quantitative estimate of drug-likeness (QED) is 0.795. The van der Waals surface area contributed by atoms with Gasteiger partial charge >= 0.3 is 6.18 Å². The van der Waals surface area contributed by atoms with Gasteiger partial charge in [-0.15, -0.1) is 0 Å². The zero-order valence-electron chi connectivity index (χ0n) is 13.3. The van der Waals surface area contributed by atoms with E-state index in [9.17, 15) is 22.8 Å². The fraction of sp³-hybridized carbons (Fsp3) is 0.294. The standard InChI is InChI=1S/C17H14BrF3N2O3/c18-14-4-3-11(7-13(14)17(19,20)21)22-16(25)10-6-15(24)23(8-10)9-12-2-1-5-26-12/h1-5,7,10H,6,8-9H2,(H,22,25). The number of likely N-dealkylation sites (tertiary alicyclic amines) is 1. The Morgan fingerprint density at radius 1 is 1.35 bits per heavy atom. The summed E-state index contributed by atoms with van der Waals surface area (Å²) in [6.45, 7) is 0.445. The number of rotatable bonds is 4. The minimum absolute atomic E-state index is 0.00912. The smallest absolute Gasteiger partial charge is 0.417 e. The van der Waals surface area contributed by atoms with E-state index in [1.54, 1.807) is 12.1 Å². The molecule has 0 saturated carbocycles. The van der Waals surface area contributed by atoms with Crippen LogP contribution in [0.1, 0.15) is 17.7 Å². The average molecular weight is 431 g/mol. The number of carbonyl (C=O) groups is 2. The molecule has 1 aromatic heterocycles. The molecule has 3 rings (SSSR count). The van der Waals surface area contributed by atoms with Crippen LogP contribution in [-0.4, -0.2) is 23.3 Å².